The zero-order chi connectivity index (χ0) is 14.4. The molecule has 3 fully saturated rings. The predicted octanol–water partition coefficient (Wildman–Crippen LogP) is 2.38. The molecule has 0 aromatic rings. The molecular formula is C15H23F2N3. The van der Waals surface area contributed by atoms with E-state index < -0.39 is 11.3 Å². The van der Waals surface area contributed by atoms with Crippen molar-refractivity contribution in [3.63, 3.8) is 0 Å². The average molecular weight is 283 g/mol. The van der Waals surface area contributed by atoms with E-state index in [1.165, 1.54) is 12.8 Å². The summed E-state index contributed by atoms with van der Waals surface area (Å²) in [4.78, 5) is 2.29. The Morgan fingerprint density at radius 3 is 2.25 bits per heavy atom. The van der Waals surface area contributed by atoms with Gasteiger partial charge in [-0.1, -0.05) is 0 Å². The summed E-state index contributed by atoms with van der Waals surface area (Å²) in [6, 6.07) is 2.34. The Labute approximate surface area is 119 Å². The lowest BCUT2D eigenvalue weighted by Gasteiger charge is -2.60. The number of nitrogens with two attached hydrogens (primary N) is 1. The number of alkyl halides is 2. The van der Waals surface area contributed by atoms with Gasteiger partial charge in [0.2, 0.25) is 5.92 Å². The summed E-state index contributed by atoms with van der Waals surface area (Å²) in [5, 5.41) is 9.42. The highest BCUT2D eigenvalue weighted by atomic mass is 19.3. The summed E-state index contributed by atoms with van der Waals surface area (Å²) in [6.45, 7) is 3.51. The lowest BCUT2D eigenvalue weighted by atomic mass is 9.57. The molecule has 1 spiro atoms. The normalized spacial score (nSPS) is 31.3. The minimum Gasteiger partial charge on any atom is -0.330 e. The van der Waals surface area contributed by atoms with Crippen molar-refractivity contribution in [2.75, 3.05) is 26.2 Å². The standard InChI is InChI=1S/C15H23F2N3/c16-15(17)3-1-13(8-19,2-4-15)9-20-10-14(11-20)5-12(6-14)7-18/h12H,1-7,9-11,18H2. The Hall–Kier alpha value is -0.730. The number of likely N-dealkylation sites (tertiary alicyclic amines) is 1. The third-order valence-corrected chi connectivity index (χ3v) is 5.60. The monoisotopic (exact) mass is 283 g/mol. The minimum atomic E-state index is -2.56. The molecule has 0 unspecified atom stereocenters. The maximum atomic E-state index is 13.3. The molecule has 1 heterocycles. The van der Waals surface area contributed by atoms with Gasteiger partial charge in [-0.3, -0.25) is 0 Å². The highest BCUT2D eigenvalue weighted by Gasteiger charge is 2.53. The molecular weight excluding hydrogens is 260 g/mol. The predicted molar refractivity (Wildman–Crippen MR) is 72.1 cm³/mol. The molecule has 1 aliphatic heterocycles. The molecule has 1 saturated heterocycles. The third kappa shape index (κ3) is 2.44. The van der Waals surface area contributed by atoms with E-state index in [9.17, 15) is 14.0 Å². The maximum absolute atomic E-state index is 13.3. The van der Waals surface area contributed by atoms with Crippen molar-refractivity contribution in [1.29, 1.82) is 5.26 Å². The number of hydrogen-bond acceptors (Lipinski definition) is 3. The van der Waals surface area contributed by atoms with Gasteiger partial charge in [0.05, 0.1) is 11.5 Å². The molecule has 0 amide bonds. The van der Waals surface area contributed by atoms with E-state index in [0.29, 0.717) is 30.7 Å². The van der Waals surface area contributed by atoms with Gasteiger partial charge in [0, 0.05) is 32.5 Å². The summed E-state index contributed by atoms with van der Waals surface area (Å²) >= 11 is 0. The van der Waals surface area contributed by atoms with E-state index in [2.05, 4.69) is 11.0 Å². The maximum Gasteiger partial charge on any atom is 0.248 e. The molecule has 0 aromatic heterocycles. The number of nitrogens with zero attached hydrogens (tertiary/aromatic N) is 2. The van der Waals surface area contributed by atoms with E-state index in [0.717, 1.165) is 19.6 Å². The molecule has 112 valence electrons. The molecule has 0 atom stereocenters. The third-order valence-electron chi connectivity index (χ3n) is 5.60. The first-order valence-electron chi connectivity index (χ1n) is 7.62. The van der Waals surface area contributed by atoms with Gasteiger partial charge < -0.3 is 10.6 Å². The quantitative estimate of drug-likeness (QED) is 0.865. The van der Waals surface area contributed by atoms with Crippen molar-refractivity contribution >= 4 is 0 Å². The van der Waals surface area contributed by atoms with Crippen LogP contribution in [-0.2, 0) is 0 Å². The van der Waals surface area contributed by atoms with E-state index in [-0.39, 0.29) is 12.8 Å². The van der Waals surface area contributed by atoms with Gasteiger partial charge >= 0.3 is 0 Å². The van der Waals surface area contributed by atoms with Crippen LogP contribution in [0.15, 0.2) is 0 Å². The number of rotatable bonds is 3. The topological polar surface area (TPSA) is 53.0 Å². The molecule has 0 bridgehead atoms. The van der Waals surface area contributed by atoms with E-state index in [4.69, 9.17) is 5.73 Å². The highest BCUT2D eigenvalue weighted by molar-refractivity contribution is 5.10. The van der Waals surface area contributed by atoms with Gasteiger partial charge in [-0.25, -0.2) is 8.78 Å². The van der Waals surface area contributed by atoms with Gasteiger partial charge in [0.25, 0.3) is 0 Å². The fourth-order valence-electron chi connectivity index (χ4n) is 4.43. The first-order valence-corrected chi connectivity index (χ1v) is 7.62. The number of halogens is 2. The Morgan fingerprint density at radius 1 is 1.15 bits per heavy atom. The Kier molecular flexibility index (Phi) is 3.30. The lowest BCUT2D eigenvalue weighted by Crippen LogP contribution is -2.64. The van der Waals surface area contributed by atoms with Crippen LogP contribution in [0.5, 0.6) is 0 Å². The molecule has 5 heteroatoms. The fraction of sp³-hybridized carbons (Fsp3) is 0.933. The highest BCUT2D eigenvalue weighted by Crippen LogP contribution is 2.53. The van der Waals surface area contributed by atoms with Crippen LogP contribution in [0.25, 0.3) is 0 Å². The van der Waals surface area contributed by atoms with Crippen LogP contribution >= 0.6 is 0 Å². The second kappa shape index (κ2) is 4.64. The Bertz CT molecular complexity index is 405. The molecule has 2 saturated carbocycles. The molecule has 3 nitrogen and oxygen atoms in total. The average Bonchev–Trinajstić information content (AvgIpc) is 2.33. The van der Waals surface area contributed by atoms with Crippen LogP contribution in [-0.4, -0.2) is 37.0 Å². The van der Waals surface area contributed by atoms with Crippen molar-refractivity contribution in [2.24, 2.45) is 22.5 Å². The van der Waals surface area contributed by atoms with Crippen LogP contribution in [0.2, 0.25) is 0 Å². The van der Waals surface area contributed by atoms with Crippen molar-refractivity contribution in [3.05, 3.63) is 0 Å². The van der Waals surface area contributed by atoms with E-state index >= 15 is 0 Å². The Morgan fingerprint density at radius 2 is 1.75 bits per heavy atom. The van der Waals surface area contributed by atoms with Gasteiger partial charge in [-0.15, -0.1) is 0 Å². The summed E-state index contributed by atoms with van der Waals surface area (Å²) in [6.07, 6.45) is 2.83. The van der Waals surface area contributed by atoms with Gasteiger partial charge in [-0.2, -0.15) is 5.26 Å². The molecule has 3 aliphatic rings. The van der Waals surface area contributed by atoms with E-state index in [1.807, 2.05) is 0 Å². The summed E-state index contributed by atoms with van der Waals surface area (Å²) in [5.74, 6) is -1.88. The molecule has 0 aromatic carbocycles. The summed E-state index contributed by atoms with van der Waals surface area (Å²) in [7, 11) is 0. The Balaban J connectivity index is 1.50. The van der Waals surface area contributed by atoms with Gasteiger partial charge in [0.1, 0.15) is 0 Å². The fourth-order valence-corrected chi connectivity index (χ4v) is 4.43. The second-order valence-corrected chi connectivity index (χ2v) is 7.40. The molecule has 2 N–H and O–H groups in total. The number of nitriles is 1. The van der Waals surface area contributed by atoms with Crippen LogP contribution in [0.3, 0.4) is 0 Å². The first-order chi connectivity index (χ1) is 9.40. The van der Waals surface area contributed by atoms with Gasteiger partial charge in [0.15, 0.2) is 0 Å². The molecule has 2 aliphatic carbocycles. The minimum absolute atomic E-state index is 0.130. The molecule has 20 heavy (non-hydrogen) atoms. The van der Waals surface area contributed by atoms with Crippen LogP contribution in [0.4, 0.5) is 8.78 Å². The van der Waals surface area contributed by atoms with Crippen molar-refractivity contribution in [1.82, 2.24) is 4.90 Å². The first kappa shape index (κ1) is 14.2. The van der Waals surface area contributed by atoms with E-state index in [1.54, 1.807) is 0 Å². The zero-order valence-corrected chi connectivity index (χ0v) is 11.9. The number of hydrogen-bond donors (Lipinski definition) is 1. The van der Waals surface area contributed by atoms with Crippen LogP contribution in [0, 0.1) is 28.1 Å². The van der Waals surface area contributed by atoms with Crippen LogP contribution in [0.1, 0.15) is 38.5 Å². The summed E-state index contributed by atoms with van der Waals surface area (Å²) in [5.41, 5.74) is 5.56. The smallest absolute Gasteiger partial charge is 0.248 e. The van der Waals surface area contributed by atoms with Crippen molar-refractivity contribution < 1.29 is 8.78 Å². The van der Waals surface area contributed by atoms with Crippen molar-refractivity contribution in [3.8, 4) is 6.07 Å². The van der Waals surface area contributed by atoms with Crippen molar-refractivity contribution in [2.45, 2.75) is 44.4 Å². The SMILES string of the molecule is N#CC1(CN2CC3(CC(CN)C3)C2)CCC(F)(F)CC1. The molecule has 0 radical (unpaired) electrons. The summed E-state index contributed by atoms with van der Waals surface area (Å²) < 4.78 is 26.5. The largest absolute Gasteiger partial charge is 0.330 e. The second-order valence-electron chi connectivity index (χ2n) is 7.40. The van der Waals surface area contributed by atoms with Crippen LogP contribution < -0.4 is 5.73 Å². The molecule has 3 rings (SSSR count). The van der Waals surface area contributed by atoms with Gasteiger partial charge in [-0.05, 0) is 43.6 Å². The lowest BCUT2D eigenvalue weighted by molar-refractivity contribution is -0.115. The zero-order valence-electron chi connectivity index (χ0n) is 11.9.